The smallest absolute Gasteiger partial charge is 0.276 e. The number of benzene rings is 1. The molecule has 0 saturated carbocycles. The third-order valence-electron chi connectivity index (χ3n) is 3.29. The molecule has 0 aliphatic rings. The number of carbonyl (C=O) groups is 1. The highest BCUT2D eigenvalue weighted by molar-refractivity contribution is 7.13. The van der Waals surface area contributed by atoms with Gasteiger partial charge in [0.15, 0.2) is 0 Å². The van der Waals surface area contributed by atoms with Crippen molar-refractivity contribution in [2.45, 2.75) is 6.18 Å². The lowest BCUT2D eigenvalue weighted by molar-refractivity contribution is -0.137. The Kier molecular flexibility index (Phi) is 4.66. The van der Waals surface area contributed by atoms with E-state index in [2.05, 4.69) is 20.7 Å². The molecule has 1 amide bonds. The highest BCUT2D eigenvalue weighted by atomic mass is 32.1. The molecule has 0 aliphatic carbocycles. The van der Waals surface area contributed by atoms with E-state index >= 15 is 0 Å². The fraction of sp³-hybridized carbons (Fsp3) is 0.0625. The van der Waals surface area contributed by atoms with Gasteiger partial charge in [-0.1, -0.05) is 24.3 Å². The van der Waals surface area contributed by atoms with Gasteiger partial charge in [0.2, 0.25) is 0 Å². The van der Waals surface area contributed by atoms with Crippen LogP contribution in [-0.4, -0.2) is 22.3 Å². The summed E-state index contributed by atoms with van der Waals surface area (Å²) >= 11 is 1.42. The van der Waals surface area contributed by atoms with Crippen molar-refractivity contribution in [3.05, 3.63) is 64.7 Å². The minimum Gasteiger partial charge on any atom is -0.276 e. The Morgan fingerprint density at radius 1 is 1.24 bits per heavy atom. The summed E-state index contributed by atoms with van der Waals surface area (Å²) < 4.78 is 38.7. The third kappa shape index (κ3) is 3.77. The van der Waals surface area contributed by atoms with Crippen LogP contribution in [0.5, 0.6) is 0 Å². The number of amides is 1. The van der Waals surface area contributed by atoms with Gasteiger partial charge in [-0.15, -0.1) is 11.3 Å². The van der Waals surface area contributed by atoms with Gasteiger partial charge in [0.05, 0.1) is 34.1 Å². The fourth-order valence-corrected chi connectivity index (χ4v) is 2.89. The average Bonchev–Trinajstić information content (AvgIpc) is 3.25. The Morgan fingerprint density at radius 3 is 2.76 bits per heavy atom. The van der Waals surface area contributed by atoms with E-state index in [9.17, 15) is 18.0 Å². The number of nitrogens with one attached hydrogen (secondary N) is 2. The number of hydrazone groups is 1. The molecule has 9 heteroatoms. The SMILES string of the molecule is O=C(NN=Cc1ccccc1C(F)(F)F)c1cn[nH]c1-c1cccs1. The average molecular weight is 364 g/mol. The van der Waals surface area contributed by atoms with E-state index in [4.69, 9.17) is 0 Å². The molecule has 0 unspecified atom stereocenters. The second-order valence-corrected chi connectivity index (χ2v) is 5.87. The number of carbonyl (C=O) groups excluding carboxylic acids is 1. The summed E-state index contributed by atoms with van der Waals surface area (Å²) in [7, 11) is 0. The van der Waals surface area contributed by atoms with Gasteiger partial charge >= 0.3 is 6.18 Å². The summed E-state index contributed by atoms with van der Waals surface area (Å²) in [6.07, 6.45) is -2.20. The van der Waals surface area contributed by atoms with E-state index in [1.165, 1.54) is 35.7 Å². The van der Waals surface area contributed by atoms with E-state index in [1.807, 2.05) is 17.5 Å². The zero-order valence-corrected chi connectivity index (χ0v) is 13.4. The monoisotopic (exact) mass is 364 g/mol. The maximum absolute atomic E-state index is 12.9. The zero-order valence-electron chi connectivity index (χ0n) is 12.5. The van der Waals surface area contributed by atoms with Crippen molar-refractivity contribution < 1.29 is 18.0 Å². The number of alkyl halides is 3. The molecule has 2 aromatic heterocycles. The van der Waals surface area contributed by atoms with Gasteiger partial charge in [0, 0.05) is 5.56 Å². The molecule has 2 heterocycles. The summed E-state index contributed by atoms with van der Waals surface area (Å²) in [5.74, 6) is -0.571. The summed E-state index contributed by atoms with van der Waals surface area (Å²) in [5.41, 5.74) is 2.04. The molecule has 0 bridgehead atoms. The van der Waals surface area contributed by atoms with Gasteiger partial charge in [-0.25, -0.2) is 5.43 Å². The first-order chi connectivity index (χ1) is 12.0. The Hall–Kier alpha value is -2.94. The van der Waals surface area contributed by atoms with Crippen LogP contribution in [0, 0.1) is 0 Å². The Bertz CT molecular complexity index is 900. The number of H-pyrrole nitrogens is 1. The molecular weight excluding hydrogens is 353 g/mol. The van der Waals surface area contributed by atoms with Crippen molar-refractivity contribution in [3.8, 4) is 10.6 Å². The normalized spacial score (nSPS) is 11.8. The molecule has 25 heavy (non-hydrogen) atoms. The number of rotatable bonds is 4. The second-order valence-electron chi connectivity index (χ2n) is 4.92. The van der Waals surface area contributed by atoms with Gasteiger partial charge in [-0.3, -0.25) is 9.89 Å². The van der Waals surface area contributed by atoms with Crippen LogP contribution >= 0.6 is 11.3 Å². The number of hydrogen-bond donors (Lipinski definition) is 2. The van der Waals surface area contributed by atoms with Crippen LogP contribution in [0.4, 0.5) is 13.2 Å². The molecule has 0 saturated heterocycles. The minimum atomic E-state index is -4.50. The number of aromatic nitrogens is 2. The van der Waals surface area contributed by atoms with Crippen molar-refractivity contribution in [1.29, 1.82) is 0 Å². The van der Waals surface area contributed by atoms with Crippen molar-refractivity contribution in [3.63, 3.8) is 0 Å². The first-order valence-corrected chi connectivity index (χ1v) is 7.91. The minimum absolute atomic E-state index is 0.138. The van der Waals surface area contributed by atoms with Gasteiger partial charge < -0.3 is 0 Å². The Balaban J connectivity index is 1.76. The third-order valence-corrected chi connectivity index (χ3v) is 4.17. The maximum atomic E-state index is 12.9. The molecule has 3 rings (SSSR count). The summed E-state index contributed by atoms with van der Waals surface area (Å²) in [6, 6.07) is 8.62. The van der Waals surface area contributed by atoms with Crippen molar-refractivity contribution in [1.82, 2.24) is 15.6 Å². The highest BCUT2D eigenvalue weighted by Crippen LogP contribution is 2.31. The van der Waals surface area contributed by atoms with E-state index in [0.29, 0.717) is 5.69 Å². The number of nitrogens with zero attached hydrogens (tertiary/aromatic N) is 2. The van der Waals surface area contributed by atoms with Gasteiger partial charge in [-0.05, 0) is 17.5 Å². The number of hydrogen-bond acceptors (Lipinski definition) is 4. The van der Waals surface area contributed by atoms with Crippen LogP contribution in [0.3, 0.4) is 0 Å². The first kappa shape index (κ1) is 16.9. The molecule has 0 atom stereocenters. The molecular formula is C16H11F3N4OS. The van der Waals surface area contributed by atoms with Crippen LogP contribution < -0.4 is 5.43 Å². The van der Waals surface area contributed by atoms with E-state index in [-0.39, 0.29) is 11.1 Å². The maximum Gasteiger partial charge on any atom is 0.417 e. The van der Waals surface area contributed by atoms with Gasteiger partial charge in [0.1, 0.15) is 0 Å². The van der Waals surface area contributed by atoms with E-state index in [1.54, 1.807) is 0 Å². The molecule has 0 fully saturated rings. The van der Waals surface area contributed by atoms with Gasteiger partial charge in [0.25, 0.3) is 5.91 Å². The summed E-state index contributed by atoms with van der Waals surface area (Å²) in [4.78, 5) is 13.0. The van der Waals surface area contributed by atoms with Crippen LogP contribution in [0.15, 0.2) is 53.1 Å². The predicted molar refractivity (Wildman–Crippen MR) is 88.4 cm³/mol. The Morgan fingerprint density at radius 2 is 2.04 bits per heavy atom. The quantitative estimate of drug-likeness (QED) is 0.544. The molecule has 2 N–H and O–H groups in total. The van der Waals surface area contributed by atoms with E-state index < -0.39 is 17.6 Å². The van der Waals surface area contributed by atoms with Crippen molar-refractivity contribution >= 4 is 23.5 Å². The fourth-order valence-electron chi connectivity index (χ4n) is 2.16. The van der Waals surface area contributed by atoms with E-state index in [0.717, 1.165) is 17.2 Å². The molecule has 0 aliphatic heterocycles. The van der Waals surface area contributed by atoms with Crippen LogP contribution in [0.25, 0.3) is 10.6 Å². The topological polar surface area (TPSA) is 70.1 Å². The number of aromatic amines is 1. The number of halogens is 3. The molecule has 1 aromatic carbocycles. The van der Waals surface area contributed by atoms with Crippen LogP contribution in [0.1, 0.15) is 21.5 Å². The van der Waals surface area contributed by atoms with Gasteiger partial charge in [-0.2, -0.15) is 23.4 Å². The second kappa shape index (κ2) is 6.89. The molecule has 5 nitrogen and oxygen atoms in total. The standard InChI is InChI=1S/C16H11F3N4OS/c17-16(18,19)12-5-2-1-4-10(12)8-20-23-15(24)11-9-21-22-14(11)13-6-3-7-25-13/h1-9H,(H,21,22)(H,23,24). The highest BCUT2D eigenvalue weighted by Gasteiger charge is 2.32. The molecule has 128 valence electrons. The Labute approximate surface area is 144 Å². The lowest BCUT2D eigenvalue weighted by atomic mass is 10.1. The summed E-state index contributed by atoms with van der Waals surface area (Å²) in [5, 5.41) is 12.0. The summed E-state index contributed by atoms with van der Waals surface area (Å²) in [6.45, 7) is 0. The predicted octanol–water partition coefficient (Wildman–Crippen LogP) is 3.92. The molecule has 0 spiro atoms. The van der Waals surface area contributed by atoms with Crippen molar-refractivity contribution in [2.24, 2.45) is 5.10 Å². The van der Waals surface area contributed by atoms with Crippen LogP contribution in [0.2, 0.25) is 0 Å². The van der Waals surface area contributed by atoms with Crippen LogP contribution in [-0.2, 0) is 6.18 Å². The molecule has 0 radical (unpaired) electrons. The largest absolute Gasteiger partial charge is 0.417 e. The lowest BCUT2D eigenvalue weighted by Gasteiger charge is -2.09. The first-order valence-electron chi connectivity index (χ1n) is 7.03. The number of thiophene rings is 1. The lowest BCUT2D eigenvalue weighted by Crippen LogP contribution is -2.18. The molecule has 3 aromatic rings. The van der Waals surface area contributed by atoms with Crippen molar-refractivity contribution in [2.75, 3.05) is 0 Å². The zero-order chi connectivity index (χ0) is 17.9.